The van der Waals surface area contributed by atoms with Crippen LogP contribution < -0.4 is 5.32 Å². The Kier molecular flexibility index (Phi) is 4.83. The molecule has 7 heteroatoms. The van der Waals surface area contributed by atoms with Gasteiger partial charge in [0.1, 0.15) is 17.4 Å². The Morgan fingerprint density at radius 1 is 1.55 bits per heavy atom. The fourth-order valence-corrected chi connectivity index (χ4v) is 2.36. The lowest BCUT2D eigenvalue weighted by Gasteiger charge is -2.16. The van der Waals surface area contributed by atoms with Gasteiger partial charge in [-0.15, -0.1) is 11.6 Å². The number of carbonyl (C=O) groups excluding carboxylic acids is 1. The van der Waals surface area contributed by atoms with Crippen molar-refractivity contribution in [3.05, 3.63) is 23.1 Å². The molecule has 0 aliphatic rings. The molecule has 0 radical (unpaired) electrons. The Bertz CT molecular complexity index is 626. The van der Waals surface area contributed by atoms with Crippen molar-refractivity contribution in [3.63, 3.8) is 0 Å². The van der Waals surface area contributed by atoms with Crippen LogP contribution in [0, 0.1) is 0 Å². The van der Waals surface area contributed by atoms with E-state index in [0.29, 0.717) is 28.6 Å². The number of imidazole rings is 1. The lowest BCUT2D eigenvalue weighted by molar-refractivity contribution is -0.123. The van der Waals surface area contributed by atoms with E-state index in [4.69, 9.17) is 23.2 Å². The normalized spacial score (nSPS) is 12.6. The van der Waals surface area contributed by atoms with E-state index >= 15 is 0 Å². The number of nitrogens with one attached hydrogen (secondary N) is 1. The monoisotopic (exact) mass is 314 g/mol. The maximum atomic E-state index is 12.1. The van der Waals surface area contributed by atoms with E-state index in [0.717, 1.165) is 6.42 Å². The van der Waals surface area contributed by atoms with Crippen molar-refractivity contribution >= 4 is 40.3 Å². The Labute approximate surface area is 127 Å². The summed E-state index contributed by atoms with van der Waals surface area (Å²) < 4.78 is 1.75. The van der Waals surface area contributed by atoms with Gasteiger partial charge in [0.05, 0.1) is 10.9 Å². The van der Waals surface area contributed by atoms with Crippen molar-refractivity contribution in [2.45, 2.75) is 32.2 Å². The molecule has 2 heterocycles. The molecule has 0 aliphatic carbocycles. The second-order valence-electron chi connectivity index (χ2n) is 4.49. The molecule has 2 aromatic heterocycles. The summed E-state index contributed by atoms with van der Waals surface area (Å²) in [7, 11) is 0. The number of fused-ring (bicyclic) bond motifs is 1. The summed E-state index contributed by atoms with van der Waals surface area (Å²) in [6, 6.07) is 1.29. The molecule has 2 rings (SSSR count). The second kappa shape index (κ2) is 6.41. The lowest BCUT2D eigenvalue weighted by Crippen LogP contribution is -2.32. The van der Waals surface area contributed by atoms with Gasteiger partial charge in [-0.1, -0.05) is 18.5 Å². The maximum Gasteiger partial charge on any atom is 0.242 e. The van der Waals surface area contributed by atoms with Gasteiger partial charge in [-0.3, -0.25) is 9.36 Å². The van der Waals surface area contributed by atoms with Gasteiger partial charge in [-0.2, -0.15) is 0 Å². The molecule has 1 atom stereocenters. The summed E-state index contributed by atoms with van der Waals surface area (Å²) in [4.78, 5) is 20.8. The first-order valence-electron chi connectivity index (χ1n) is 6.44. The molecule has 20 heavy (non-hydrogen) atoms. The van der Waals surface area contributed by atoms with E-state index in [-0.39, 0.29) is 11.8 Å². The smallest absolute Gasteiger partial charge is 0.242 e. The van der Waals surface area contributed by atoms with Gasteiger partial charge in [-0.25, -0.2) is 9.97 Å². The largest absolute Gasteiger partial charge is 0.354 e. The molecule has 0 fully saturated rings. The average Bonchev–Trinajstić information content (AvgIpc) is 2.81. The number of alkyl halides is 1. The minimum absolute atomic E-state index is 0.0748. The Balaban J connectivity index is 2.43. The molecule has 1 N–H and O–H groups in total. The molecule has 1 amide bonds. The zero-order valence-electron chi connectivity index (χ0n) is 11.4. The van der Waals surface area contributed by atoms with Crippen LogP contribution in [0.25, 0.3) is 11.2 Å². The van der Waals surface area contributed by atoms with E-state index in [1.165, 1.54) is 6.20 Å². The number of carbonyl (C=O) groups is 1. The zero-order valence-corrected chi connectivity index (χ0v) is 12.9. The van der Waals surface area contributed by atoms with Crippen LogP contribution in [0.15, 0.2) is 12.3 Å². The number of hydrogen-bond acceptors (Lipinski definition) is 3. The van der Waals surface area contributed by atoms with Crippen molar-refractivity contribution < 1.29 is 4.79 Å². The summed E-state index contributed by atoms with van der Waals surface area (Å²) in [5.41, 5.74) is 1.26. The third-order valence-electron chi connectivity index (χ3n) is 3.01. The summed E-state index contributed by atoms with van der Waals surface area (Å²) in [6.07, 6.45) is 2.43. The third-order valence-corrected chi connectivity index (χ3v) is 3.45. The summed E-state index contributed by atoms with van der Waals surface area (Å²) in [5.74, 6) is 0.740. The highest BCUT2D eigenvalue weighted by molar-refractivity contribution is 6.31. The van der Waals surface area contributed by atoms with Crippen LogP contribution in [0.3, 0.4) is 0 Å². The quantitative estimate of drug-likeness (QED) is 0.863. The van der Waals surface area contributed by atoms with Crippen molar-refractivity contribution in [2.75, 3.05) is 6.54 Å². The molecule has 0 spiro atoms. The van der Waals surface area contributed by atoms with E-state index in [9.17, 15) is 4.79 Å². The molecule has 0 aromatic carbocycles. The van der Waals surface area contributed by atoms with Gasteiger partial charge in [0.15, 0.2) is 5.65 Å². The molecular weight excluding hydrogens is 299 g/mol. The van der Waals surface area contributed by atoms with Crippen LogP contribution in [0.2, 0.25) is 5.02 Å². The van der Waals surface area contributed by atoms with Gasteiger partial charge in [0.25, 0.3) is 0 Å². The molecular formula is C13H16Cl2N4O. The van der Waals surface area contributed by atoms with Crippen molar-refractivity contribution in [1.82, 2.24) is 19.9 Å². The van der Waals surface area contributed by atoms with Crippen LogP contribution >= 0.6 is 23.2 Å². The number of rotatable bonds is 5. The highest BCUT2D eigenvalue weighted by Crippen LogP contribution is 2.23. The Hall–Kier alpha value is -1.33. The van der Waals surface area contributed by atoms with E-state index < -0.39 is 6.04 Å². The standard InChI is InChI=1S/C13H16Cl2N4O/c1-3-4-16-13(20)8(2)19-11(6-14)18-10-5-9(15)7-17-12(10)19/h5,7-8H,3-4,6H2,1-2H3,(H,16,20). The topological polar surface area (TPSA) is 59.8 Å². The fraction of sp³-hybridized carbons (Fsp3) is 0.462. The third kappa shape index (κ3) is 2.88. The number of hydrogen-bond donors (Lipinski definition) is 1. The number of amides is 1. The lowest BCUT2D eigenvalue weighted by atomic mass is 10.3. The number of aromatic nitrogens is 3. The molecule has 0 bridgehead atoms. The average molecular weight is 315 g/mol. The molecule has 0 saturated carbocycles. The van der Waals surface area contributed by atoms with E-state index in [1.54, 1.807) is 17.6 Å². The molecule has 0 saturated heterocycles. The predicted molar refractivity (Wildman–Crippen MR) is 80.1 cm³/mol. The van der Waals surface area contributed by atoms with E-state index in [1.807, 2.05) is 6.92 Å². The second-order valence-corrected chi connectivity index (χ2v) is 5.20. The minimum Gasteiger partial charge on any atom is -0.354 e. The molecule has 5 nitrogen and oxygen atoms in total. The van der Waals surface area contributed by atoms with E-state index in [2.05, 4.69) is 15.3 Å². The van der Waals surface area contributed by atoms with Crippen molar-refractivity contribution in [1.29, 1.82) is 0 Å². The van der Waals surface area contributed by atoms with Crippen LogP contribution in [0.4, 0.5) is 0 Å². The van der Waals surface area contributed by atoms with Crippen LogP contribution in [-0.4, -0.2) is 27.0 Å². The Morgan fingerprint density at radius 2 is 2.30 bits per heavy atom. The van der Waals surface area contributed by atoms with Gasteiger partial charge in [0, 0.05) is 12.7 Å². The van der Waals surface area contributed by atoms with Crippen LogP contribution in [0.1, 0.15) is 32.1 Å². The summed E-state index contributed by atoms with van der Waals surface area (Å²) in [6.45, 7) is 4.45. The van der Waals surface area contributed by atoms with Gasteiger partial charge in [-0.05, 0) is 19.4 Å². The highest BCUT2D eigenvalue weighted by Gasteiger charge is 2.21. The van der Waals surface area contributed by atoms with Gasteiger partial charge in [0.2, 0.25) is 5.91 Å². The highest BCUT2D eigenvalue weighted by atomic mass is 35.5. The van der Waals surface area contributed by atoms with Crippen LogP contribution in [-0.2, 0) is 10.7 Å². The zero-order chi connectivity index (χ0) is 14.7. The molecule has 2 aromatic rings. The predicted octanol–water partition coefficient (Wildman–Crippen LogP) is 2.91. The molecule has 108 valence electrons. The SMILES string of the molecule is CCCNC(=O)C(C)n1c(CCl)nc2cc(Cl)cnc21. The number of pyridine rings is 1. The first-order chi connectivity index (χ1) is 9.58. The van der Waals surface area contributed by atoms with Crippen LogP contribution in [0.5, 0.6) is 0 Å². The van der Waals surface area contributed by atoms with Gasteiger partial charge < -0.3 is 5.32 Å². The first kappa shape index (κ1) is 15.1. The Morgan fingerprint density at radius 3 is 2.95 bits per heavy atom. The van der Waals surface area contributed by atoms with Gasteiger partial charge >= 0.3 is 0 Å². The first-order valence-corrected chi connectivity index (χ1v) is 7.35. The minimum atomic E-state index is -0.422. The number of halogens is 2. The maximum absolute atomic E-state index is 12.1. The van der Waals surface area contributed by atoms with Crippen molar-refractivity contribution in [3.8, 4) is 0 Å². The van der Waals surface area contributed by atoms with Crippen molar-refractivity contribution in [2.24, 2.45) is 0 Å². The summed E-state index contributed by atoms with van der Waals surface area (Å²) >= 11 is 11.8. The fourth-order valence-electron chi connectivity index (χ4n) is 2.02. The number of nitrogens with zero attached hydrogens (tertiary/aromatic N) is 3. The molecule has 0 aliphatic heterocycles. The molecule has 1 unspecified atom stereocenters. The summed E-state index contributed by atoms with van der Waals surface area (Å²) in [5, 5.41) is 3.37.